The molecule has 0 aliphatic carbocycles. The first-order valence-corrected chi connectivity index (χ1v) is 7.68. The Labute approximate surface area is 136 Å². The molecule has 6 nitrogen and oxygen atoms in total. The van der Waals surface area contributed by atoms with Crippen molar-refractivity contribution in [2.45, 2.75) is 44.2 Å². The number of aliphatic hydroxyl groups excluding tert-OH is 4. The molecular formula is C17H26O6. The van der Waals surface area contributed by atoms with Gasteiger partial charge in [0.15, 0.2) is 0 Å². The minimum Gasteiger partial charge on any atom is -0.495 e. The van der Waals surface area contributed by atoms with E-state index in [0.717, 1.165) is 5.56 Å². The molecule has 1 aromatic carbocycles. The molecule has 130 valence electrons. The van der Waals surface area contributed by atoms with E-state index >= 15 is 0 Å². The van der Waals surface area contributed by atoms with E-state index in [1.165, 1.54) is 0 Å². The minimum atomic E-state index is -1.90. The van der Waals surface area contributed by atoms with Crippen LogP contribution in [0.5, 0.6) is 0 Å². The van der Waals surface area contributed by atoms with Crippen molar-refractivity contribution < 1.29 is 30.3 Å². The Kier molecular flexibility index (Phi) is 7.67. The molecule has 0 heterocycles. The van der Waals surface area contributed by atoms with Crippen molar-refractivity contribution >= 4 is 6.08 Å². The maximum Gasteiger partial charge on any atom is 0.149 e. The van der Waals surface area contributed by atoms with E-state index in [9.17, 15) is 20.4 Å². The molecule has 0 fully saturated rings. The lowest BCUT2D eigenvalue weighted by molar-refractivity contribution is -0.158. The predicted octanol–water partition coefficient (Wildman–Crippen LogP) is 0.280. The van der Waals surface area contributed by atoms with Crippen LogP contribution in [0, 0.1) is 0 Å². The van der Waals surface area contributed by atoms with E-state index < -0.39 is 30.5 Å². The minimum absolute atomic E-state index is 0.0437. The third kappa shape index (κ3) is 4.76. The molecule has 4 atom stereocenters. The zero-order valence-corrected chi connectivity index (χ0v) is 13.5. The van der Waals surface area contributed by atoms with Gasteiger partial charge in [-0.05, 0) is 25.0 Å². The lowest BCUT2D eigenvalue weighted by Gasteiger charge is -2.37. The molecule has 0 bridgehead atoms. The Morgan fingerprint density at radius 1 is 1.17 bits per heavy atom. The van der Waals surface area contributed by atoms with Crippen LogP contribution in [-0.4, -0.2) is 62.7 Å². The third-order valence-corrected chi connectivity index (χ3v) is 3.76. The SMILES string of the molecule is CCOC(=Cc1ccccc1)[C@@](O)(CC)[C@@H](O)[C@H](O)[C@H](O)CO. The van der Waals surface area contributed by atoms with E-state index in [0.29, 0.717) is 0 Å². The Bertz CT molecular complexity index is 489. The summed E-state index contributed by atoms with van der Waals surface area (Å²) in [6.07, 6.45) is -3.39. The lowest BCUT2D eigenvalue weighted by Crippen LogP contribution is -2.54. The van der Waals surface area contributed by atoms with E-state index in [-0.39, 0.29) is 18.8 Å². The van der Waals surface area contributed by atoms with Gasteiger partial charge in [0.1, 0.15) is 29.7 Å². The molecule has 0 aliphatic rings. The fourth-order valence-corrected chi connectivity index (χ4v) is 2.28. The monoisotopic (exact) mass is 326 g/mol. The fraction of sp³-hybridized carbons (Fsp3) is 0.529. The van der Waals surface area contributed by atoms with Gasteiger partial charge in [-0.3, -0.25) is 0 Å². The molecule has 0 saturated heterocycles. The molecule has 0 aliphatic heterocycles. The molecule has 23 heavy (non-hydrogen) atoms. The average molecular weight is 326 g/mol. The van der Waals surface area contributed by atoms with Gasteiger partial charge in [-0.1, -0.05) is 37.3 Å². The summed E-state index contributed by atoms with van der Waals surface area (Å²) >= 11 is 0. The highest BCUT2D eigenvalue weighted by atomic mass is 16.5. The number of rotatable bonds is 9. The molecule has 0 saturated carbocycles. The van der Waals surface area contributed by atoms with E-state index in [2.05, 4.69) is 0 Å². The van der Waals surface area contributed by atoms with Crippen molar-refractivity contribution in [3.8, 4) is 0 Å². The van der Waals surface area contributed by atoms with Gasteiger partial charge in [-0.2, -0.15) is 0 Å². The second-order valence-electron chi connectivity index (χ2n) is 5.32. The van der Waals surface area contributed by atoms with Crippen LogP contribution in [-0.2, 0) is 4.74 Å². The highest BCUT2D eigenvalue weighted by Gasteiger charge is 2.45. The lowest BCUT2D eigenvalue weighted by atomic mass is 9.85. The summed E-state index contributed by atoms with van der Waals surface area (Å²) in [5.41, 5.74) is -1.14. The van der Waals surface area contributed by atoms with Gasteiger partial charge in [0.2, 0.25) is 0 Å². The maximum atomic E-state index is 10.9. The van der Waals surface area contributed by atoms with Crippen LogP contribution in [0.2, 0.25) is 0 Å². The quantitative estimate of drug-likeness (QED) is 0.417. The van der Waals surface area contributed by atoms with Crippen molar-refractivity contribution in [3.63, 3.8) is 0 Å². The molecule has 1 rings (SSSR count). The van der Waals surface area contributed by atoms with Crippen molar-refractivity contribution in [1.29, 1.82) is 0 Å². The second kappa shape index (κ2) is 9.00. The zero-order chi connectivity index (χ0) is 17.5. The molecule has 5 N–H and O–H groups in total. The standard InChI is InChI=1S/C17H26O6/c1-3-17(22,16(21)15(20)13(19)11-18)14(23-4-2)10-12-8-6-5-7-9-12/h5-10,13,15-16,18-22H,3-4,11H2,1-2H3/t13-,15-,16+,17+/m1/s1. The smallest absolute Gasteiger partial charge is 0.149 e. The van der Waals surface area contributed by atoms with Crippen molar-refractivity contribution in [2.24, 2.45) is 0 Å². The van der Waals surface area contributed by atoms with Gasteiger partial charge in [0.25, 0.3) is 0 Å². The Morgan fingerprint density at radius 3 is 2.26 bits per heavy atom. The number of aliphatic hydroxyl groups is 5. The summed E-state index contributed by atoms with van der Waals surface area (Å²) in [5.74, 6) is 0.0883. The summed E-state index contributed by atoms with van der Waals surface area (Å²) in [5, 5.41) is 49.6. The largest absolute Gasteiger partial charge is 0.495 e. The van der Waals surface area contributed by atoms with Gasteiger partial charge < -0.3 is 30.3 Å². The average Bonchev–Trinajstić information content (AvgIpc) is 2.59. The summed E-state index contributed by atoms with van der Waals surface area (Å²) in [6, 6.07) is 9.10. The van der Waals surface area contributed by atoms with E-state index in [1.54, 1.807) is 32.1 Å². The van der Waals surface area contributed by atoms with Crippen LogP contribution < -0.4 is 0 Å². The van der Waals surface area contributed by atoms with Crippen LogP contribution >= 0.6 is 0 Å². The Hall–Kier alpha value is -1.44. The topological polar surface area (TPSA) is 110 Å². The molecule has 1 aromatic rings. The molecule has 0 unspecified atom stereocenters. The van der Waals surface area contributed by atoms with Crippen LogP contribution in [0.25, 0.3) is 6.08 Å². The number of hydrogen-bond acceptors (Lipinski definition) is 6. The summed E-state index contributed by atoms with van der Waals surface area (Å²) in [7, 11) is 0. The summed E-state index contributed by atoms with van der Waals surface area (Å²) in [6.45, 7) is 2.89. The maximum absolute atomic E-state index is 10.9. The number of hydrogen-bond donors (Lipinski definition) is 5. The van der Waals surface area contributed by atoms with Crippen LogP contribution in [0.4, 0.5) is 0 Å². The Morgan fingerprint density at radius 2 is 1.78 bits per heavy atom. The molecule has 0 spiro atoms. The fourth-order valence-electron chi connectivity index (χ4n) is 2.28. The summed E-state index contributed by atoms with van der Waals surface area (Å²) in [4.78, 5) is 0. The van der Waals surface area contributed by atoms with Gasteiger partial charge in [0, 0.05) is 0 Å². The Balaban J connectivity index is 3.20. The van der Waals surface area contributed by atoms with Crippen molar-refractivity contribution in [2.75, 3.05) is 13.2 Å². The molecular weight excluding hydrogens is 300 g/mol. The van der Waals surface area contributed by atoms with Crippen molar-refractivity contribution in [1.82, 2.24) is 0 Å². The normalized spacial score (nSPS) is 18.8. The summed E-state index contributed by atoms with van der Waals surface area (Å²) < 4.78 is 5.48. The van der Waals surface area contributed by atoms with Gasteiger partial charge in [0.05, 0.1) is 13.2 Å². The van der Waals surface area contributed by atoms with Crippen molar-refractivity contribution in [3.05, 3.63) is 41.7 Å². The molecule has 0 aromatic heterocycles. The van der Waals surface area contributed by atoms with Gasteiger partial charge in [-0.25, -0.2) is 0 Å². The second-order valence-corrected chi connectivity index (χ2v) is 5.32. The molecule has 0 radical (unpaired) electrons. The molecule has 0 amide bonds. The highest BCUT2D eigenvalue weighted by molar-refractivity contribution is 5.53. The first-order valence-electron chi connectivity index (χ1n) is 7.68. The molecule has 6 heteroatoms. The number of ether oxygens (including phenoxy) is 1. The van der Waals surface area contributed by atoms with Gasteiger partial charge >= 0.3 is 0 Å². The zero-order valence-electron chi connectivity index (χ0n) is 13.5. The van der Waals surface area contributed by atoms with Crippen LogP contribution in [0.1, 0.15) is 25.8 Å². The first kappa shape index (κ1) is 19.6. The third-order valence-electron chi connectivity index (χ3n) is 3.76. The van der Waals surface area contributed by atoms with Gasteiger partial charge in [-0.15, -0.1) is 0 Å². The van der Waals surface area contributed by atoms with Crippen LogP contribution in [0.15, 0.2) is 36.1 Å². The number of benzene rings is 1. The van der Waals surface area contributed by atoms with E-state index in [4.69, 9.17) is 9.84 Å². The van der Waals surface area contributed by atoms with Crippen LogP contribution in [0.3, 0.4) is 0 Å². The predicted molar refractivity (Wildman–Crippen MR) is 86.4 cm³/mol. The highest BCUT2D eigenvalue weighted by Crippen LogP contribution is 2.30. The first-order chi connectivity index (χ1) is 10.9. The van der Waals surface area contributed by atoms with E-state index in [1.807, 2.05) is 18.2 Å².